The summed E-state index contributed by atoms with van der Waals surface area (Å²) in [4.78, 5) is 12.6. The molecule has 0 aliphatic carbocycles. The topological polar surface area (TPSA) is 114 Å². The number of carbonyl (C=O) groups is 1. The minimum absolute atomic E-state index is 0.0368. The second-order valence-corrected chi connectivity index (χ2v) is 6.88. The van der Waals surface area contributed by atoms with Crippen LogP contribution in [0.4, 0.5) is 0 Å². The first-order chi connectivity index (χ1) is 13.1. The molecule has 0 unspecified atom stereocenters. The Balaban J connectivity index is 1.66. The Morgan fingerprint density at radius 2 is 2.15 bits per heavy atom. The van der Waals surface area contributed by atoms with E-state index in [-0.39, 0.29) is 5.88 Å². The largest absolute Gasteiger partial charge is 0.422 e. The normalized spacial score (nSPS) is 15.6. The number of allylic oxidation sites excluding steroid dienone is 1. The Morgan fingerprint density at radius 3 is 2.81 bits per heavy atom. The second-order valence-electron chi connectivity index (χ2n) is 5.93. The Hall–Kier alpha value is -3.57. The molecule has 7 nitrogen and oxygen atoms in total. The number of H-pyrrole nitrogens is 1. The highest BCUT2D eigenvalue weighted by Gasteiger charge is 2.34. The van der Waals surface area contributed by atoms with Gasteiger partial charge in [0.2, 0.25) is 11.8 Å². The highest BCUT2D eigenvalue weighted by atomic mass is 32.1. The van der Waals surface area contributed by atoms with Gasteiger partial charge in [-0.15, -0.1) is 16.4 Å². The Kier molecular flexibility index (Phi) is 4.14. The second kappa shape index (κ2) is 6.63. The van der Waals surface area contributed by atoms with Gasteiger partial charge < -0.3 is 15.2 Å². The van der Waals surface area contributed by atoms with Gasteiger partial charge in [0.15, 0.2) is 0 Å². The van der Waals surface area contributed by atoms with Crippen LogP contribution in [0, 0.1) is 18.3 Å². The van der Waals surface area contributed by atoms with Gasteiger partial charge >= 0.3 is 5.97 Å². The molecule has 0 spiro atoms. The number of aromatic amines is 1. The first-order valence-electron chi connectivity index (χ1n) is 8.06. The molecule has 0 saturated heterocycles. The van der Waals surface area contributed by atoms with Crippen molar-refractivity contribution in [2.75, 3.05) is 0 Å². The monoisotopic (exact) mass is 378 g/mol. The number of benzene rings is 1. The van der Waals surface area contributed by atoms with E-state index in [1.807, 2.05) is 12.3 Å². The number of fused-ring (bicyclic) bond motifs is 1. The van der Waals surface area contributed by atoms with E-state index in [0.29, 0.717) is 22.1 Å². The third kappa shape index (κ3) is 2.94. The summed E-state index contributed by atoms with van der Waals surface area (Å²) in [7, 11) is 0. The summed E-state index contributed by atoms with van der Waals surface area (Å²) in [5.74, 6) is 0.0129. The standard InChI is InChI=1S/C19H14N4O3S/c1-10-15-16(13(9-20)17(21)26-18(15)23-22-10)11-4-6-12(7-5-11)25-19(24)14-3-2-8-27-14/h2-8,16H,21H2,1H3,(H,22,23)/t16-/m1/s1. The summed E-state index contributed by atoms with van der Waals surface area (Å²) >= 11 is 1.32. The molecule has 0 amide bonds. The van der Waals surface area contributed by atoms with Crippen molar-refractivity contribution in [2.45, 2.75) is 12.8 Å². The van der Waals surface area contributed by atoms with E-state index < -0.39 is 11.9 Å². The number of hydrogen-bond donors (Lipinski definition) is 2. The quantitative estimate of drug-likeness (QED) is 0.534. The predicted octanol–water partition coefficient (Wildman–Crippen LogP) is 3.22. The number of aryl methyl sites for hydroxylation is 1. The van der Waals surface area contributed by atoms with Gasteiger partial charge in [0.25, 0.3) is 0 Å². The summed E-state index contributed by atoms with van der Waals surface area (Å²) in [5.41, 5.74) is 8.60. The third-order valence-corrected chi connectivity index (χ3v) is 5.13. The molecule has 27 heavy (non-hydrogen) atoms. The van der Waals surface area contributed by atoms with Crippen molar-refractivity contribution >= 4 is 17.3 Å². The van der Waals surface area contributed by atoms with Crippen LogP contribution in [-0.4, -0.2) is 16.2 Å². The molecule has 1 aromatic carbocycles. The summed E-state index contributed by atoms with van der Waals surface area (Å²) in [6, 6.07) is 12.6. The van der Waals surface area contributed by atoms with E-state index in [4.69, 9.17) is 15.2 Å². The van der Waals surface area contributed by atoms with Crippen molar-refractivity contribution in [2.24, 2.45) is 5.73 Å². The van der Waals surface area contributed by atoms with Crippen molar-refractivity contribution in [3.8, 4) is 17.7 Å². The number of esters is 1. The van der Waals surface area contributed by atoms with Crippen LogP contribution in [0.3, 0.4) is 0 Å². The molecule has 3 aromatic rings. The molecule has 134 valence electrons. The minimum Gasteiger partial charge on any atom is -0.422 e. The van der Waals surface area contributed by atoms with Crippen molar-refractivity contribution in [3.63, 3.8) is 0 Å². The van der Waals surface area contributed by atoms with E-state index in [1.165, 1.54) is 11.3 Å². The Labute approximate surface area is 158 Å². The van der Waals surface area contributed by atoms with Gasteiger partial charge in [-0.25, -0.2) is 4.79 Å². The van der Waals surface area contributed by atoms with Crippen molar-refractivity contribution in [1.82, 2.24) is 10.2 Å². The van der Waals surface area contributed by atoms with E-state index in [0.717, 1.165) is 16.8 Å². The van der Waals surface area contributed by atoms with Crippen LogP contribution in [0.2, 0.25) is 0 Å². The van der Waals surface area contributed by atoms with Crippen LogP contribution in [-0.2, 0) is 0 Å². The Bertz CT molecular complexity index is 1080. The molecule has 4 rings (SSSR count). The van der Waals surface area contributed by atoms with Gasteiger partial charge in [-0.2, -0.15) is 5.26 Å². The highest BCUT2D eigenvalue weighted by molar-refractivity contribution is 7.12. The number of nitrogens with one attached hydrogen (secondary N) is 1. The zero-order valence-electron chi connectivity index (χ0n) is 14.2. The molecule has 1 aliphatic heterocycles. The van der Waals surface area contributed by atoms with Crippen molar-refractivity contribution in [3.05, 3.63) is 74.9 Å². The fraction of sp³-hybridized carbons (Fsp3) is 0.105. The lowest BCUT2D eigenvalue weighted by Gasteiger charge is -2.23. The zero-order chi connectivity index (χ0) is 19.0. The third-order valence-electron chi connectivity index (χ3n) is 4.28. The molecular formula is C19H14N4O3S. The van der Waals surface area contributed by atoms with Crippen LogP contribution in [0.1, 0.15) is 32.4 Å². The number of nitrogens with zero attached hydrogens (tertiary/aromatic N) is 2. The van der Waals surface area contributed by atoms with Crippen LogP contribution in [0.25, 0.3) is 0 Å². The van der Waals surface area contributed by atoms with Gasteiger partial charge in [-0.3, -0.25) is 5.10 Å². The van der Waals surface area contributed by atoms with E-state index >= 15 is 0 Å². The van der Waals surface area contributed by atoms with Gasteiger partial charge in [0.1, 0.15) is 22.3 Å². The number of carbonyl (C=O) groups excluding carboxylic acids is 1. The Morgan fingerprint density at radius 1 is 1.37 bits per heavy atom. The molecule has 0 bridgehead atoms. The lowest BCUT2D eigenvalue weighted by Crippen LogP contribution is -2.21. The molecule has 3 N–H and O–H groups in total. The molecule has 0 fully saturated rings. The van der Waals surface area contributed by atoms with E-state index in [9.17, 15) is 10.1 Å². The number of rotatable bonds is 3. The molecule has 0 saturated carbocycles. The maximum absolute atomic E-state index is 12.1. The fourth-order valence-corrected chi connectivity index (χ4v) is 3.61. The lowest BCUT2D eigenvalue weighted by molar-refractivity contribution is 0.0740. The molecule has 1 aliphatic rings. The fourth-order valence-electron chi connectivity index (χ4n) is 3.01. The first-order valence-corrected chi connectivity index (χ1v) is 8.94. The molecular weight excluding hydrogens is 364 g/mol. The summed E-state index contributed by atoms with van der Waals surface area (Å²) in [5, 5.41) is 18.3. The van der Waals surface area contributed by atoms with E-state index in [2.05, 4.69) is 16.3 Å². The number of aromatic nitrogens is 2. The van der Waals surface area contributed by atoms with E-state index in [1.54, 1.807) is 36.4 Å². The minimum atomic E-state index is -0.404. The van der Waals surface area contributed by atoms with Crippen LogP contribution in [0.15, 0.2) is 53.2 Å². The average molecular weight is 378 g/mol. The number of nitrogens with two attached hydrogens (primary N) is 1. The molecule has 0 radical (unpaired) electrons. The molecule has 3 heterocycles. The lowest BCUT2D eigenvalue weighted by atomic mass is 9.84. The summed E-state index contributed by atoms with van der Waals surface area (Å²) < 4.78 is 10.8. The zero-order valence-corrected chi connectivity index (χ0v) is 15.0. The van der Waals surface area contributed by atoms with Crippen molar-refractivity contribution in [1.29, 1.82) is 5.26 Å². The van der Waals surface area contributed by atoms with Gasteiger partial charge in [0.05, 0.1) is 5.92 Å². The number of nitriles is 1. The van der Waals surface area contributed by atoms with Gasteiger partial charge in [-0.05, 0) is 36.1 Å². The highest BCUT2D eigenvalue weighted by Crippen LogP contribution is 2.42. The van der Waals surface area contributed by atoms with Crippen LogP contribution in [0.5, 0.6) is 11.6 Å². The van der Waals surface area contributed by atoms with Gasteiger partial charge in [-0.1, -0.05) is 18.2 Å². The van der Waals surface area contributed by atoms with Crippen LogP contribution < -0.4 is 15.2 Å². The average Bonchev–Trinajstić information content (AvgIpc) is 3.32. The molecule has 8 heteroatoms. The predicted molar refractivity (Wildman–Crippen MR) is 98.3 cm³/mol. The van der Waals surface area contributed by atoms with Crippen LogP contribution >= 0.6 is 11.3 Å². The number of ether oxygens (including phenoxy) is 2. The van der Waals surface area contributed by atoms with Crippen molar-refractivity contribution < 1.29 is 14.3 Å². The summed E-state index contributed by atoms with van der Waals surface area (Å²) in [6.07, 6.45) is 0. The number of thiophene rings is 1. The maximum atomic E-state index is 12.1. The molecule has 2 aromatic heterocycles. The van der Waals surface area contributed by atoms with Gasteiger partial charge in [0, 0.05) is 11.3 Å². The summed E-state index contributed by atoms with van der Waals surface area (Å²) in [6.45, 7) is 1.86. The smallest absolute Gasteiger partial charge is 0.353 e. The SMILES string of the molecule is Cc1[nH]nc2c1[C@H](c1ccc(OC(=O)c3cccs3)cc1)C(C#N)=C(N)O2. The molecule has 1 atom stereocenters. The maximum Gasteiger partial charge on any atom is 0.353 e. The first kappa shape index (κ1) is 16.9. The number of hydrogen-bond acceptors (Lipinski definition) is 7.